The Bertz CT molecular complexity index is 296. The minimum absolute atomic E-state index is 0.386. The molecule has 0 amide bonds. The van der Waals surface area contributed by atoms with Gasteiger partial charge in [-0.25, -0.2) is 0 Å². The third kappa shape index (κ3) is 4.45. The first kappa shape index (κ1) is 17.3. The van der Waals surface area contributed by atoms with Gasteiger partial charge in [-0.05, 0) is 39.2 Å². The molecule has 1 N–H and O–H groups in total. The zero-order valence-corrected chi connectivity index (χ0v) is 14.8. The van der Waals surface area contributed by atoms with Crippen LogP contribution in [0, 0.1) is 0 Å². The first-order valence-electron chi connectivity index (χ1n) is 9.64. The molecule has 0 radical (unpaired) electrons. The predicted octanol–water partition coefficient (Wildman–Crippen LogP) is 4.73. The molecular weight excluding hydrogens is 256 g/mol. The number of unbranched alkanes of at least 4 members (excludes halogenated alkanes) is 5. The van der Waals surface area contributed by atoms with Crippen molar-refractivity contribution in [3.63, 3.8) is 0 Å². The molecule has 1 saturated carbocycles. The van der Waals surface area contributed by atoms with Crippen LogP contribution in [-0.4, -0.2) is 35.6 Å². The average Bonchev–Trinajstić information content (AvgIpc) is 2.95. The lowest BCUT2D eigenvalue weighted by molar-refractivity contribution is 0.0131. The summed E-state index contributed by atoms with van der Waals surface area (Å²) in [5.74, 6) is 0. The molecular formula is C19H38N2. The van der Waals surface area contributed by atoms with Gasteiger partial charge >= 0.3 is 0 Å². The molecule has 1 unspecified atom stereocenters. The molecule has 0 bridgehead atoms. The fraction of sp³-hybridized carbons (Fsp3) is 1.00. The normalized spacial score (nSPS) is 29.3. The van der Waals surface area contributed by atoms with Gasteiger partial charge in [0.2, 0.25) is 0 Å². The number of hydrogen-bond donors (Lipinski definition) is 1. The lowest BCUT2D eigenvalue weighted by Crippen LogP contribution is -2.68. The Labute approximate surface area is 133 Å². The third-order valence-electron chi connectivity index (χ3n) is 6.21. The Balaban J connectivity index is 1.80. The van der Waals surface area contributed by atoms with Crippen LogP contribution in [0.1, 0.15) is 91.4 Å². The van der Waals surface area contributed by atoms with Gasteiger partial charge in [-0.3, -0.25) is 4.90 Å². The molecule has 0 aromatic rings. The van der Waals surface area contributed by atoms with Gasteiger partial charge in [0.15, 0.2) is 0 Å². The zero-order chi connectivity index (χ0) is 15.2. The van der Waals surface area contributed by atoms with Crippen molar-refractivity contribution in [2.45, 2.75) is 102 Å². The number of rotatable bonds is 8. The minimum atomic E-state index is 0.386. The van der Waals surface area contributed by atoms with E-state index in [1.807, 2.05) is 0 Å². The smallest absolute Gasteiger partial charge is 0.0309 e. The summed E-state index contributed by atoms with van der Waals surface area (Å²) in [6, 6.07) is 0. The highest BCUT2D eigenvalue weighted by Crippen LogP contribution is 2.36. The van der Waals surface area contributed by atoms with E-state index in [1.165, 1.54) is 90.3 Å². The number of piperazine rings is 1. The lowest BCUT2D eigenvalue weighted by atomic mass is 9.85. The molecule has 2 nitrogen and oxygen atoms in total. The molecule has 21 heavy (non-hydrogen) atoms. The van der Waals surface area contributed by atoms with E-state index < -0.39 is 0 Å². The highest BCUT2D eigenvalue weighted by molar-refractivity contribution is 5.05. The predicted molar refractivity (Wildman–Crippen MR) is 92.8 cm³/mol. The maximum atomic E-state index is 3.94. The summed E-state index contributed by atoms with van der Waals surface area (Å²) in [6.07, 6.45) is 15.4. The zero-order valence-electron chi connectivity index (χ0n) is 14.8. The standard InChI is InChI=1S/C19H38N2/c1-4-6-7-8-9-12-15-21-17-19(13-10-11-14-19)20-16-18(21,3)5-2/h20H,4-17H2,1-3H3. The van der Waals surface area contributed by atoms with Crippen molar-refractivity contribution in [3.05, 3.63) is 0 Å². The minimum Gasteiger partial charge on any atom is -0.308 e. The topological polar surface area (TPSA) is 15.3 Å². The molecule has 2 aliphatic rings. The van der Waals surface area contributed by atoms with Crippen LogP contribution < -0.4 is 5.32 Å². The highest BCUT2D eigenvalue weighted by Gasteiger charge is 2.44. The van der Waals surface area contributed by atoms with Crippen LogP contribution in [0.5, 0.6) is 0 Å². The van der Waals surface area contributed by atoms with Crippen molar-refractivity contribution < 1.29 is 0 Å². The van der Waals surface area contributed by atoms with Crippen LogP contribution in [0.3, 0.4) is 0 Å². The Morgan fingerprint density at radius 3 is 2.29 bits per heavy atom. The number of nitrogens with one attached hydrogen (secondary N) is 1. The first-order chi connectivity index (χ1) is 10.1. The summed E-state index contributed by atoms with van der Waals surface area (Å²) in [6.45, 7) is 10.9. The van der Waals surface area contributed by atoms with Crippen molar-refractivity contribution in [2.75, 3.05) is 19.6 Å². The first-order valence-corrected chi connectivity index (χ1v) is 9.64. The van der Waals surface area contributed by atoms with Gasteiger partial charge in [0.25, 0.3) is 0 Å². The second-order valence-electron chi connectivity index (χ2n) is 7.88. The Kier molecular flexibility index (Phi) is 6.55. The Morgan fingerprint density at radius 1 is 0.952 bits per heavy atom. The SMILES string of the molecule is CCCCCCCCN1CC2(CCCC2)NCC1(C)CC. The van der Waals surface area contributed by atoms with E-state index in [0.717, 1.165) is 0 Å². The molecule has 1 saturated heterocycles. The van der Waals surface area contributed by atoms with Crippen LogP contribution in [0.25, 0.3) is 0 Å². The van der Waals surface area contributed by atoms with Crippen molar-refractivity contribution in [1.29, 1.82) is 0 Å². The molecule has 0 aromatic carbocycles. The van der Waals surface area contributed by atoms with Crippen molar-refractivity contribution in [1.82, 2.24) is 10.2 Å². The van der Waals surface area contributed by atoms with Gasteiger partial charge < -0.3 is 5.32 Å². The van der Waals surface area contributed by atoms with Gasteiger partial charge in [-0.1, -0.05) is 58.8 Å². The fourth-order valence-electron chi connectivity index (χ4n) is 4.27. The number of hydrogen-bond acceptors (Lipinski definition) is 2. The van der Waals surface area contributed by atoms with E-state index in [0.29, 0.717) is 11.1 Å². The van der Waals surface area contributed by atoms with E-state index in [-0.39, 0.29) is 0 Å². The van der Waals surface area contributed by atoms with Gasteiger partial charge in [-0.15, -0.1) is 0 Å². The second kappa shape index (κ2) is 7.97. The molecule has 2 fully saturated rings. The van der Waals surface area contributed by atoms with Crippen molar-refractivity contribution in [3.8, 4) is 0 Å². The van der Waals surface area contributed by atoms with E-state index in [4.69, 9.17) is 0 Å². The molecule has 1 atom stereocenters. The van der Waals surface area contributed by atoms with E-state index in [1.54, 1.807) is 0 Å². The lowest BCUT2D eigenvalue weighted by Gasteiger charge is -2.52. The van der Waals surface area contributed by atoms with E-state index in [9.17, 15) is 0 Å². The molecule has 1 spiro atoms. The average molecular weight is 295 g/mol. The van der Waals surface area contributed by atoms with Gasteiger partial charge in [-0.2, -0.15) is 0 Å². The summed E-state index contributed by atoms with van der Waals surface area (Å²) < 4.78 is 0. The Morgan fingerprint density at radius 2 is 1.62 bits per heavy atom. The van der Waals surface area contributed by atoms with Crippen LogP contribution in [0.2, 0.25) is 0 Å². The third-order valence-corrected chi connectivity index (χ3v) is 6.21. The van der Waals surface area contributed by atoms with Gasteiger partial charge in [0.1, 0.15) is 0 Å². The van der Waals surface area contributed by atoms with Crippen molar-refractivity contribution >= 4 is 0 Å². The molecule has 1 heterocycles. The molecule has 2 heteroatoms. The fourth-order valence-corrected chi connectivity index (χ4v) is 4.27. The second-order valence-corrected chi connectivity index (χ2v) is 7.88. The summed E-state index contributed by atoms with van der Waals surface area (Å²) in [7, 11) is 0. The van der Waals surface area contributed by atoms with Gasteiger partial charge in [0, 0.05) is 24.2 Å². The van der Waals surface area contributed by atoms with E-state index >= 15 is 0 Å². The van der Waals surface area contributed by atoms with Crippen LogP contribution in [-0.2, 0) is 0 Å². The van der Waals surface area contributed by atoms with Crippen LogP contribution >= 0.6 is 0 Å². The summed E-state index contributed by atoms with van der Waals surface area (Å²) in [5.41, 5.74) is 0.855. The monoisotopic (exact) mass is 294 g/mol. The molecule has 1 aliphatic heterocycles. The summed E-state index contributed by atoms with van der Waals surface area (Å²) in [5, 5.41) is 3.94. The van der Waals surface area contributed by atoms with E-state index in [2.05, 4.69) is 31.0 Å². The maximum absolute atomic E-state index is 3.94. The summed E-state index contributed by atoms with van der Waals surface area (Å²) >= 11 is 0. The van der Waals surface area contributed by atoms with Crippen molar-refractivity contribution in [2.24, 2.45) is 0 Å². The molecule has 124 valence electrons. The van der Waals surface area contributed by atoms with Gasteiger partial charge in [0.05, 0.1) is 0 Å². The maximum Gasteiger partial charge on any atom is 0.0309 e. The molecule has 2 rings (SSSR count). The molecule has 1 aliphatic carbocycles. The quantitative estimate of drug-likeness (QED) is 0.651. The largest absolute Gasteiger partial charge is 0.308 e. The highest BCUT2D eigenvalue weighted by atomic mass is 15.3. The van der Waals surface area contributed by atoms with Crippen LogP contribution in [0.4, 0.5) is 0 Å². The summed E-state index contributed by atoms with van der Waals surface area (Å²) in [4.78, 5) is 2.84. The van der Waals surface area contributed by atoms with Crippen LogP contribution in [0.15, 0.2) is 0 Å². The molecule has 0 aromatic heterocycles. The Hall–Kier alpha value is -0.0800. The number of nitrogens with zero attached hydrogens (tertiary/aromatic N) is 1.